The molecule has 1 aliphatic carbocycles. The molecule has 3 heterocycles. The Labute approximate surface area is 171 Å². The van der Waals surface area contributed by atoms with Crippen LogP contribution in [-0.4, -0.2) is 44.2 Å². The standard InChI is InChI=1S/C21H32N2O.2ClH/c1-24-21-6-2-4-17-7-8-19(14-20(17)21)22-11-3-5-18-15-23-12-9-16(18)10-13-23;;/h2,4,6,16,18-19,22H,3,5,7-15H2,1H3;2*1H. The minimum atomic E-state index is 0. The van der Waals surface area contributed by atoms with Gasteiger partial charge >= 0.3 is 0 Å². The normalized spacial score (nSPS) is 29.3. The Morgan fingerprint density at radius 1 is 1.15 bits per heavy atom. The number of aryl methyl sites for hydroxylation is 1. The summed E-state index contributed by atoms with van der Waals surface area (Å²) in [5, 5.41) is 3.83. The van der Waals surface area contributed by atoms with Gasteiger partial charge in [-0.1, -0.05) is 12.1 Å². The molecular weight excluding hydrogens is 367 g/mol. The minimum Gasteiger partial charge on any atom is -0.496 e. The Balaban J connectivity index is 0.00000121. The maximum absolute atomic E-state index is 5.56. The lowest BCUT2D eigenvalue weighted by molar-refractivity contribution is 0.0457. The molecule has 3 aliphatic heterocycles. The SMILES string of the molecule is COc1cccc2c1CC(NCCCC1CN3CCC1CC3)CC2.Cl.Cl. The molecule has 5 heteroatoms. The molecule has 0 radical (unpaired) electrons. The second-order valence-corrected chi connectivity index (χ2v) is 8.03. The molecule has 1 N–H and O–H groups in total. The van der Waals surface area contributed by atoms with Crippen molar-refractivity contribution in [1.29, 1.82) is 0 Å². The van der Waals surface area contributed by atoms with Crippen LogP contribution in [0.2, 0.25) is 0 Å². The molecule has 2 atom stereocenters. The fourth-order valence-electron chi connectivity index (χ4n) is 5.21. The fraction of sp³-hybridized carbons (Fsp3) is 0.714. The number of nitrogens with zero attached hydrogens (tertiary/aromatic N) is 1. The lowest BCUT2D eigenvalue weighted by Crippen LogP contribution is -2.47. The van der Waals surface area contributed by atoms with Crippen molar-refractivity contribution in [2.45, 2.75) is 51.0 Å². The summed E-state index contributed by atoms with van der Waals surface area (Å²) in [6.07, 6.45) is 9.24. The van der Waals surface area contributed by atoms with E-state index in [1.54, 1.807) is 7.11 Å². The summed E-state index contributed by atoms with van der Waals surface area (Å²) in [6, 6.07) is 7.12. The number of benzene rings is 1. The first kappa shape index (κ1) is 21.8. The number of hydrogen-bond donors (Lipinski definition) is 1. The van der Waals surface area contributed by atoms with Gasteiger partial charge in [0.05, 0.1) is 7.11 Å². The molecule has 0 aromatic heterocycles. The van der Waals surface area contributed by atoms with Gasteiger partial charge in [-0.25, -0.2) is 0 Å². The fourth-order valence-corrected chi connectivity index (χ4v) is 5.21. The molecule has 0 saturated carbocycles. The Kier molecular flexibility index (Phi) is 8.53. The van der Waals surface area contributed by atoms with Crippen LogP contribution in [0.25, 0.3) is 0 Å². The van der Waals surface area contributed by atoms with E-state index >= 15 is 0 Å². The van der Waals surface area contributed by atoms with Gasteiger partial charge in [0.1, 0.15) is 5.75 Å². The van der Waals surface area contributed by atoms with Crippen LogP contribution in [0.1, 0.15) is 43.2 Å². The van der Waals surface area contributed by atoms with E-state index in [4.69, 9.17) is 4.74 Å². The summed E-state index contributed by atoms with van der Waals surface area (Å²) >= 11 is 0. The Bertz CT molecular complexity index is 547. The second kappa shape index (κ2) is 10.2. The molecule has 2 bridgehead atoms. The first-order chi connectivity index (χ1) is 11.8. The smallest absolute Gasteiger partial charge is 0.122 e. The zero-order chi connectivity index (χ0) is 16.4. The highest BCUT2D eigenvalue weighted by molar-refractivity contribution is 5.85. The van der Waals surface area contributed by atoms with Crippen molar-refractivity contribution in [2.24, 2.45) is 11.8 Å². The van der Waals surface area contributed by atoms with Crippen LogP contribution < -0.4 is 10.1 Å². The topological polar surface area (TPSA) is 24.5 Å². The first-order valence-corrected chi connectivity index (χ1v) is 9.94. The van der Waals surface area contributed by atoms with Crippen molar-refractivity contribution in [3.05, 3.63) is 29.3 Å². The van der Waals surface area contributed by atoms with E-state index in [2.05, 4.69) is 28.4 Å². The van der Waals surface area contributed by atoms with E-state index < -0.39 is 0 Å². The van der Waals surface area contributed by atoms with E-state index in [0.717, 1.165) is 24.0 Å². The van der Waals surface area contributed by atoms with Crippen LogP contribution in [0.4, 0.5) is 0 Å². The number of nitrogens with one attached hydrogen (secondary N) is 1. The number of ether oxygens (including phenoxy) is 1. The van der Waals surface area contributed by atoms with Gasteiger partial charge in [0.25, 0.3) is 0 Å². The number of rotatable bonds is 6. The molecule has 26 heavy (non-hydrogen) atoms. The van der Waals surface area contributed by atoms with Crippen molar-refractivity contribution >= 4 is 24.8 Å². The van der Waals surface area contributed by atoms with Crippen LogP contribution in [0, 0.1) is 11.8 Å². The van der Waals surface area contributed by atoms with Crippen LogP contribution in [0.3, 0.4) is 0 Å². The molecule has 3 fully saturated rings. The average molecular weight is 401 g/mol. The third kappa shape index (κ3) is 4.86. The predicted molar refractivity (Wildman–Crippen MR) is 113 cm³/mol. The van der Waals surface area contributed by atoms with Crippen molar-refractivity contribution in [1.82, 2.24) is 10.2 Å². The number of fused-ring (bicyclic) bond motifs is 4. The zero-order valence-corrected chi connectivity index (χ0v) is 17.5. The molecule has 3 nitrogen and oxygen atoms in total. The van der Waals surface area contributed by atoms with Crippen LogP contribution in [0.5, 0.6) is 5.75 Å². The zero-order valence-electron chi connectivity index (χ0n) is 15.9. The van der Waals surface area contributed by atoms with Gasteiger partial charge in [0.2, 0.25) is 0 Å². The van der Waals surface area contributed by atoms with Gasteiger partial charge < -0.3 is 15.0 Å². The van der Waals surface area contributed by atoms with Crippen molar-refractivity contribution in [3.8, 4) is 5.75 Å². The lowest BCUT2D eigenvalue weighted by Gasteiger charge is -2.45. The van der Waals surface area contributed by atoms with Crippen LogP contribution in [-0.2, 0) is 12.8 Å². The largest absolute Gasteiger partial charge is 0.496 e. The number of halogens is 2. The average Bonchev–Trinajstić information content (AvgIpc) is 2.65. The van der Waals surface area contributed by atoms with Gasteiger partial charge in [0.15, 0.2) is 0 Å². The molecule has 0 spiro atoms. The molecule has 3 saturated heterocycles. The van der Waals surface area contributed by atoms with E-state index in [0.29, 0.717) is 6.04 Å². The minimum absolute atomic E-state index is 0. The maximum Gasteiger partial charge on any atom is 0.122 e. The van der Waals surface area contributed by atoms with E-state index in [1.807, 2.05) is 0 Å². The molecule has 2 unspecified atom stereocenters. The lowest BCUT2D eigenvalue weighted by atomic mass is 9.77. The Morgan fingerprint density at radius 2 is 1.96 bits per heavy atom. The summed E-state index contributed by atoms with van der Waals surface area (Å²) in [5.41, 5.74) is 2.92. The molecular formula is C21H34Cl2N2O. The Morgan fingerprint density at radius 3 is 2.65 bits per heavy atom. The molecule has 148 valence electrons. The van der Waals surface area contributed by atoms with Crippen molar-refractivity contribution in [2.75, 3.05) is 33.3 Å². The van der Waals surface area contributed by atoms with E-state index in [9.17, 15) is 0 Å². The molecule has 4 aliphatic rings. The van der Waals surface area contributed by atoms with Gasteiger partial charge in [-0.3, -0.25) is 0 Å². The summed E-state index contributed by atoms with van der Waals surface area (Å²) in [6.45, 7) is 5.28. The van der Waals surface area contributed by atoms with Gasteiger partial charge in [-0.2, -0.15) is 0 Å². The molecule has 0 amide bonds. The monoisotopic (exact) mass is 400 g/mol. The second-order valence-electron chi connectivity index (χ2n) is 8.03. The predicted octanol–water partition coefficient (Wildman–Crippen LogP) is 4.11. The maximum atomic E-state index is 5.56. The highest BCUT2D eigenvalue weighted by Crippen LogP contribution is 2.35. The number of piperidine rings is 3. The molecule has 1 aromatic rings. The van der Waals surface area contributed by atoms with Gasteiger partial charge in [-0.15, -0.1) is 24.8 Å². The molecule has 1 aromatic carbocycles. The summed E-state index contributed by atoms with van der Waals surface area (Å²) < 4.78 is 5.56. The van der Waals surface area contributed by atoms with Gasteiger partial charge in [0, 0.05) is 12.6 Å². The number of hydrogen-bond acceptors (Lipinski definition) is 3. The van der Waals surface area contributed by atoms with Gasteiger partial charge in [-0.05, 0) is 93.6 Å². The first-order valence-electron chi connectivity index (χ1n) is 9.94. The van der Waals surface area contributed by atoms with Crippen LogP contribution >= 0.6 is 24.8 Å². The van der Waals surface area contributed by atoms with Crippen LogP contribution in [0.15, 0.2) is 18.2 Å². The number of methoxy groups -OCH3 is 1. The third-order valence-corrected chi connectivity index (χ3v) is 6.64. The summed E-state index contributed by atoms with van der Waals surface area (Å²) in [7, 11) is 1.79. The van der Waals surface area contributed by atoms with Crippen molar-refractivity contribution in [3.63, 3.8) is 0 Å². The summed E-state index contributed by atoms with van der Waals surface area (Å²) in [5.74, 6) is 3.08. The highest BCUT2D eigenvalue weighted by atomic mass is 35.5. The molecule has 5 rings (SSSR count). The van der Waals surface area contributed by atoms with E-state index in [1.165, 1.54) is 75.8 Å². The van der Waals surface area contributed by atoms with E-state index in [-0.39, 0.29) is 24.8 Å². The quantitative estimate of drug-likeness (QED) is 0.727. The summed E-state index contributed by atoms with van der Waals surface area (Å²) in [4.78, 5) is 2.68. The third-order valence-electron chi connectivity index (χ3n) is 6.64. The Hall–Kier alpha value is -0.480. The highest BCUT2D eigenvalue weighted by Gasteiger charge is 2.33. The van der Waals surface area contributed by atoms with Crippen molar-refractivity contribution < 1.29 is 4.74 Å².